The van der Waals surface area contributed by atoms with Crippen LogP contribution in [-0.4, -0.2) is 30.4 Å². The monoisotopic (exact) mass is 493 g/mol. The molecule has 3 aromatic rings. The minimum Gasteiger partial charge on any atom is -0.307 e. The topological polar surface area (TPSA) is 47.3 Å². The minimum atomic E-state index is -0.295. The molecule has 2 aliphatic heterocycles. The van der Waals surface area contributed by atoms with Crippen molar-refractivity contribution in [3.8, 4) is 6.07 Å². The lowest BCUT2D eigenvalue weighted by Crippen LogP contribution is -2.45. The van der Waals surface area contributed by atoms with Gasteiger partial charge in [-0.3, -0.25) is 9.69 Å². The van der Waals surface area contributed by atoms with E-state index in [1.165, 1.54) is 6.07 Å². The third-order valence-electron chi connectivity index (χ3n) is 6.94. The van der Waals surface area contributed by atoms with E-state index in [9.17, 15) is 9.18 Å². The Labute approximate surface area is 208 Å². The zero-order valence-electron chi connectivity index (χ0n) is 18.4. The number of hydrogen-bond donors (Lipinski definition) is 0. The molecule has 0 N–H and O–H groups in total. The third kappa shape index (κ3) is 4.30. The molecular formula is C27H22Cl2FN3O. The molecule has 0 saturated carbocycles. The quantitative estimate of drug-likeness (QED) is 0.436. The van der Waals surface area contributed by atoms with Gasteiger partial charge in [0.15, 0.2) is 0 Å². The first-order valence-corrected chi connectivity index (χ1v) is 11.9. The SMILES string of the molecule is N#Cc1ccc(CN2CCC3(CC2)CN(C(=O)c2cc(Cl)cc(Cl)c2)c2ccc(F)cc23)cc1. The van der Waals surface area contributed by atoms with E-state index in [1.807, 2.05) is 24.3 Å². The first kappa shape index (κ1) is 22.9. The van der Waals surface area contributed by atoms with Gasteiger partial charge in [-0.2, -0.15) is 5.26 Å². The van der Waals surface area contributed by atoms with Crippen LogP contribution < -0.4 is 4.90 Å². The minimum absolute atomic E-state index is 0.186. The van der Waals surface area contributed by atoms with Gasteiger partial charge in [0, 0.05) is 39.8 Å². The molecule has 7 heteroatoms. The van der Waals surface area contributed by atoms with Gasteiger partial charge < -0.3 is 4.90 Å². The number of piperidine rings is 1. The highest BCUT2D eigenvalue weighted by Gasteiger charge is 2.46. The van der Waals surface area contributed by atoms with Crippen molar-refractivity contribution in [1.82, 2.24) is 4.90 Å². The highest BCUT2D eigenvalue weighted by atomic mass is 35.5. The molecule has 1 spiro atoms. The summed E-state index contributed by atoms with van der Waals surface area (Å²) in [5, 5.41) is 9.81. The molecule has 172 valence electrons. The number of likely N-dealkylation sites (tertiary alicyclic amines) is 1. The van der Waals surface area contributed by atoms with Gasteiger partial charge in [-0.25, -0.2) is 4.39 Å². The van der Waals surface area contributed by atoms with Crippen molar-refractivity contribution in [3.05, 3.63) is 98.8 Å². The molecule has 5 rings (SSSR count). The van der Waals surface area contributed by atoms with E-state index >= 15 is 0 Å². The summed E-state index contributed by atoms with van der Waals surface area (Å²) in [5.41, 5.74) is 3.58. The number of carbonyl (C=O) groups excluding carboxylic acids is 1. The standard InChI is InChI=1S/C27H22Cl2FN3O/c28-21-11-20(12-22(29)13-21)26(34)33-17-27(24-14-23(30)5-6-25(24)33)7-9-32(10-8-27)16-19-3-1-18(15-31)2-4-19/h1-6,11-14H,7-10,16-17H2. The lowest BCUT2D eigenvalue weighted by molar-refractivity contribution is 0.0975. The van der Waals surface area contributed by atoms with Gasteiger partial charge in [0.05, 0.1) is 11.6 Å². The fraction of sp³-hybridized carbons (Fsp3) is 0.259. The number of nitrogens with zero attached hydrogens (tertiary/aromatic N) is 3. The second-order valence-electron chi connectivity index (χ2n) is 9.08. The molecule has 2 heterocycles. The normalized spacial score (nSPS) is 16.9. The Morgan fingerprint density at radius 1 is 1.00 bits per heavy atom. The molecule has 0 atom stereocenters. The van der Waals surface area contributed by atoms with Crippen molar-refractivity contribution in [2.45, 2.75) is 24.8 Å². The molecule has 3 aromatic carbocycles. The zero-order chi connectivity index (χ0) is 23.9. The maximum absolute atomic E-state index is 14.3. The Morgan fingerprint density at radius 2 is 1.68 bits per heavy atom. The predicted octanol–water partition coefficient (Wildman–Crippen LogP) is 6.20. The molecule has 0 radical (unpaired) electrons. The number of anilines is 1. The van der Waals surface area contributed by atoms with Crippen LogP contribution in [0.3, 0.4) is 0 Å². The molecule has 34 heavy (non-hydrogen) atoms. The van der Waals surface area contributed by atoms with Crippen LogP contribution in [0.1, 0.15) is 39.9 Å². The molecule has 1 fully saturated rings. The highest BCUT2D eigenvalue weighted by Crippen LogP contribution is 2.48. The molecule has 0 unspecified atom stereocenters. The number of benzene rings is 3. The first-order chi connectivity index (χ1) is 16.4. The van der Waals surface area contributed by atoms with E-state index in [0.717, 1.165) is 49.3 Å². The fourth-order valence-corrected chi connectivity index (χ4v) is 5.69. The Morgan fingerprint density at radius 3 is 2.32 bits per heavy atom. The number of carbonyl (C=O) groups is 1. The summed E-state index contributed by atoms with van der Waals surface area (Å²) in [7, 11) is 0. The zero-order valence-corrected chi connectivity index (χ0v) is 19.9. The van der Waals surface area contributed by atoms with E-state index in [1.54, 1.807) is 35.2 Å². The number of amides is 1. The molecule has 1 saturated heterocycles. The van der Waals surface area contributed by atoms with Gasteiger partial charge >= 0.3 is 0 Å². The summed E-state index contributed by atoms with van der Waals surface area (Å²) in [6.07, 6.45) is 1.64. The molecule has 0 bridgehead atoms. The Balaban J connectivity index is 1.38. The van der Waals surface area contributed by atoms with Gasteiger partial charge in [0.25, 0.3) is 5.91 Å². The van der Waals surface area contributed by atoms with Gasteiger partial charge in [0.1, 0.15) is 5.82 Å². The summed E-state index contributed by atoms with van der Waals surface area (Å²) < 4.78 is 14.3. The number of halogens is 3. The summed E-state index contributed by atoms with van der Waals surface area (Å²) in [4.78, 5) is 17.6. The molecule has 0 aromatic heterocycles. The van der Waals surface area contributed by atoms with E-state index in [4.69, 9.17) is 28.5 Å². The second kappa shape index (κ2) is 9.03. The van der Waals surface area contributed by atoms with E-state index in [-0.39, 0.29) is 17.1 Å². The second-order valence-corrected chi connectivity index (χ2v) is 9.95. The molecule has 4 nitrogen and oxygen atoms in total. The summed E-state index contributed by atoms with van der Waals surface area (Å²) >= 11 is 12.3. The van der Waals surface area contributed by atoms with Gasteiger partial charge in [-0.05, 0) is 85.6 Å². The maximum atomic E-state index is 14.3. The van der Waals surface area contributed by atoms with Crippen molar-refractivity contribution in [1.29, 1.82) is 5.26 Å². The Bertz CT molecular complexity index is 1270. The van der Waals surface area contributed by atoms with Gasteiger partial charge in [-0.1, -0.05) is 35.3 Å². The Hall–Kier alpha value is -2.91. The maximum Gasteiger partial charge on any atom is 0.258 e. The number of nitriles is 1. The third-order valence-corrected chi connectivity index (χ3v) is 7.38. The molecule has 2 aliphatic rings. The van der Waals surface area contributed by atoms with Crippen molar-refractivity contribution in [2.75, 3.05) is 24.5 Å². The van der Waals surface area contributed by atoms with Crippen LogP contribution in [0.5, 0.6) is 0 Å². The van der Waals surface area contributed by atoms with Crippen LogP contribution in [0.15, 0.2) is 60.7 Å². The first-order valence-electron chi connectivity index (χ1n) is 11.2. The largest absolute Gasteiger partial charge is 0.307 e. The van der Waals surface area contributed by atoms with Crippen molar-refractivity contribution < 1.29 is 9.18 Å². The van der Waals surface area contributed by atoms with Crippen molar-refractivity contribution >= 4 is 34.8 Å². The summed E-state index contributed by atoms with van der Waals surface area (Å²) in [6, 6.07) is 19.3. The average Bonchev–Trinajstić information content (AvgIpc) is 3.13. The number of fused-ring (bicyclic) bond motifs is 2. The summed E-state index contributed by atoms with van der Waals surface area (Å²) in [5.74, 6) is -0.479. The molecular weight excluding hydrogens is 472 g/mol. The van der Waals surface area contributed by atoms with Crippen molar-refractivity contribution in [3.63, 3.8) is 0 Å². The fourth-order valence-electron chi connectivity index (χ4n) is 5.17. The average molecular weight is 494 g/mol. The molecule has 0 aliphatic carbocycles. The van der Waals surface area contributed by atoms with Crippen LogP contribution in [0.25, 0.3) is 0 Å². The van der Waals surface area contributed by atoms with Crippen LogP contribution in [-0.2, 0) is 12.0 Å². The Kier molecular flexibility index (Phi) is 6.07. The van der Waals surface area contributed by atoms with Crippen LogP contribution >= 0.6 is 23.2 Å². The lowest BCUT2D eigenvalue weighted by Gasteiger charge is -2.40. The highest BCUT2D eigenvalue weighted by molar-refractivity contribution is 6.35. The summed E-state index contributed by atoms with van der Waals surface area (Å²) in [6.45, 7) is 2.96. The number of hydrogen-bond acceptors (Lipinski definition) is 3. The number of rotatable bonds is 3. The van der Waals surface area contributed by atoms with Gasteiger partial charge in [-0.15, -0.1) is 0 Å². The van der Waals surface area contributed by atoms with E-state index in [2.05, 4.69) is 11.0 Å². The van der Waals surface area contributed by atoms with Gasteiger partial charge in [0.2, 0.25) is 0 Å². The predicted molar refractivity (Wildman–Crippen MR) is 132 cm³/mol. The van der Waals surface area contributed by atoms with E-state index in [0.29, 0.717) is 27.7 Å². The van der Waals surface area contributed by atoms with Crippen LogP contribution in [0.2, 0.25) is 10.0 Å². The van der Waals surface area contributed by atoms with Crippen LogP contribution in [0.4, 0.5) is 10.1 Å². The lowest BCUT2D eigenvalue weighted by atomic mass is 9.74. The van der Waals surface area contributed by atoms with Crippen LogP contribution in [0, 0.1) is 17.1 Å². The molecule has 1 amide bonds. The smallest absolute Gasteiger partial charge is 0.258 e. The van der Waals surface area contributed by atoms with Crippen molar-refractivity contribution in [2.24, 2.45) is 0 Å². The van der Waals surface area contributed by atoms with E-state index < -0.39 is 0 Å².